The molecule has 0 atom stereocenters. The van der Waals surface area contributed by atoms with Crippen LogP contribution in [0.4, 0.5) is 11.4 Å². The zero-order valence-electron chi connectivity index (χ0n) is 21.4. The number of carbonyl (C=O) groups excluding carboxylic acids is 2. The third kappa shape index (κ3) is 4.31. The molecule has 0 saturated carbocycles. The van der Waals surface area contributed by atoms with Crippen LogP contribution in [0.15, 0.2) is 93.4 Å². The van der Waals surface area contributed by atoms with Gasteiger partial charge in [0, 0.05) is 27.2 Å². The fourth-order valence-electron chi connectivity index (χ4n) is 4.54. The van der Waals surface area contributed by atoms with Crippen LogP contribution >= 0.6 is 0 Å². The Morgan fingerprint density at radius 2 is 1.03 bits per heavy atom. The summed E-state index contributed by atoms with van der Waals surface area (Å²) in [6.07, 6.45) is 0.687. The Hall–Kier alpha value is -4.60. The first-order chi connectivity index (χ1) is 17.9. The second kappa shape index (κ2) is 9.81. The summed E-state index contributed by atoms with van der Waals surface area (Å²) < 4.78 is 0. The number of aliphatic imine (C=N–C) groups is 2. The molecule has 0 fully saturated rings. The predicted molar refractivity (Wildman–Crippen MR) is 144 cm³/mol. The van der Waals surface area contributed by atoms with Crippen molar-refractivity contribution in [3.63, 3.8) is 0 Å². The minimum Gasteiger partial charge on any atom is -0.313 e. The number of nitrogens with zero attached hydrogens (tertiary/aromatic N) is 6. The van der Waals surface area contributed by atoms with Crippen LogP contribution in [0.25, 0.3) is 0 Å². The van der Waals surface area contributed by atoms with Gasteiger partial charge in [0.25, 0.3) is 0 Å². The number of allylic oxidation sites excluding steroid dienone is 2. The van der Waals surface area contributed by atoms with Crippen molar-refractivity contribution < 1.29 is 9.59 Å². The van der Waals surface area contributed by atoms with Gasteiger partial charge in [-0.3, -0.25) is 29.6 Å². The number of amides is 2. The summed E-state index contributed by atoms with van der Waals surface area (Å²) in [7, 11) is 3.80. The Kier molecular flexibility index (Phi) is 6.39. The monoisotopic (exact) mass is 498 g/mol. The van der Waals surface area contributed by atoms with Crippen LogP contribution in [-0.2, 0) is 9.59 Å². The Bertz CT molecular complexity index is 1240. The number of hydrazine groups is 2. The molecule has 0 saturated heterocycles. The number of para-hydroxylation sites is 2. The molecule has 2 aromatic carbocycles. The summed E-state index contributed by atoms with van der Waals surface area (Å²) in [5.41, 5.74) is 4.37. The molecule has 3 heterocycles. The number of carbonyl (C=O) groups is 2. The first-order valence-corrected chi connectivity index (χ1v) is 12.2. The number of rotatable bonds is 2. The highest BCUT2D eigenvalue weighted by molar-refractivity contribution is 6.38. The Labute approximate surface area is 216 Å². The molecule has 0 unspecified atom stereocenters. The largest absolute Gasteiger partial charge is 0.314 e. The summed E-state index contributed by atoms with van der Waals surface area (Å²) in [4.78, 5) is 36.0. The van der Waals surface area contributed by atoms with Crippen LogP contribution in [0.5, 0.6) is 0 Å². The minimum atomic E-state index is -0.773. The highest BCUT2D eigenvalue weighted by atomic mass is 16.2. The lowest BCUT2D eigenvalue weighted by molar-refractivity contribution is -0.138. The average Bonchev–Trinajstić information content (AvgIpc) is 3.28. The zero-order valence-corrected chi connectivity index (χ0v) is 21.4. The van der Waals surface area contributed by atoms with Crippen molar-refractivity contribution in [3.05, 3.63) is 83.5 Å². The van der Waals surface area contributed by atoms with Gasteiger partial charge in [-0.1, -0.05) is 36.4 Å². The van der Waals surface area contributed by atoms with E-state index in [1.807, 2.05) is 109 Å². The fourth-order valence-corrected chi connectivity index (χ4v) is 4.54. The van der Waals surface area contributed by atoms with Crippen LogP contribution < -0.4 is 20.7 Å². The van der Waals surface area contributed by atoms with E-state index in [1.54, 1.807) is 0 Å². The van der Waals surface area contributed by atoms with E-state index in [1.165, 1.54) is 0 Å². The van der Waals surface area contributed by atoms with Gasteiger partial charge in [0.15, 0.2) is 11.7 Å². The van der Waals surface area contributed by atoms with E-state index in [0.29, 0.717) is 42.6 Å². The Morgan fingerprint density at radius 3 is 1.41 bits per heavy atom. The number of benzene rings is 2. The Balaban J connectivity index is 1.51. The van der Waals surface area contributed by atoms with E-state index >= 15 is 0 Å². The van der Waals surface area contributed by atoms with E-state index in [4.69, 9.17) is 9.98 Å². The van der Waals surface area contributed by atoms with E-state index in [9.17, 15) is 9.59 Å². The molecule has 0 bridgehead atoms. The van der Waals surface area contributed by atoms with Gasteiger partial charge < -0.3 is 10.6 Å². The number of nitrogens with one attached hydrogen (secondary N) is 2. The quantitative estimate of drug-likeness (QED) is 0.618. The van der Waals surface area contributed by atoms with Crippen molar-refractivity contribution in [1.82, 2.24) is 20.7 Å². The summed E-state index contributed by atoms with van der Waals surface area (Å²) in [5, 5.41) is 13.3. The van der Waals surface area contributed by atoms with Crippen molar-refractivity contribution in [3.8, 4) is 0 Å². The molecule has 190 valence electrons. The molecule has 2 N–H and O–H groups in total. The lowest BCUT2D eigenvalue weighted by atomic mass is 10.2. The van der Waals surface area contributed by atoms with Crippen LogP contribution in [-0.4, -0.2) is 60.7 Å². The maximum Gasteiger partial charge on any atom is 0.314 e. The number of hydrogen-bond acceptors (Lipinski definition) is 8. The SMILES string of the molecule is CC1=C2NC(=O)C(=O)NC3=C(C)N(C)N(c4ccccc4)C3=NCCCN=C2N(c2ccccc2)N1C. The Morgan fingerprint density at radius 1 is 0.649 bits per heavy atom. The molecule has 0 radical (unpaired) electrons. The van der Waals surface area contributed by atoms with Crippen LogP contribution in [0.3, 0.4) is 0 Å². The molecule has 5 rings (SSSR count). The third-order valence-corrected chi connectivity index (χ3v) is 6.67. The lowest BCUT2D eigenvalue weighted by Gasteiger charge is -2.29. The molecule has 37 heavy (non-hydrogen) atoms. The molecule has 3 aliphatic rings. The summed E-state index contributed by atoms with van der Waals surface area (Å²) in [5.74, 6) is -0.379. The maximum absolute atomic E-state index is 13.1. The van der Waals surface area contributed by atoms with Crippen LogP contribution in [0, 0.1) is 0 Å². The van der Waals surface area contributed by atoms with Gasteiger partial charge in [0.1, 0.15) is 11.4 Å². The van der Waals surface area contributed by atoms with Gasteiger partial charge >= 0.3 is 11.8 Å². The summed E-state index contributed by atoms with van der Waals surface area (Å²) >= 11 is 0. The third-order valence-electron chi connectivity index (χ3n) is 6.67. The van der Waals surface area contributed by atoms with E-state index in [2.05, 4.69) is 10.6 Å². The molecule has 0 aliphatic carbocycles. The van der Waals surface area contributed by atoms with Gasteiger partial charge in [-0.2, -0.15) is 0 Å². The molecule has 10 nitrogen and oxygen atoms in total. The zero-order chi connectivity index (χ0) is 26.1. The van der Waals surface area contributed by atoms with E-state index in [-0.39, 0.29) is 0 Å². The van der Waals surface area contributed by atoms with Crippen LogP contribution in [0.2, 0.25) is 0 Å². The van der Waals surface area contributed by atoms with Crippen LogP contribution in [0.1, 0.15) is 20.3 Å². The van der Waals surface area contributed by atoms with Gasteiger partial charge in [0.2, 0.25) is 0 Å². The second-order valence-electron chi connectivity index (χ2n) is 8.94. The van der Waals surface area contributed by atoms with Crippen molar-refractivity contribution >= 4 is 34.9 Å². The number of fused-ring (bicyclic) bond motifs is 2. The standard InChI is InChI=1S/C27H30N8O2/c1-18-22-24(34(32(18)3)20-12-7-5-8-13-20)28-16-11-17-29-25-23(31-27(37)26(36)30-22)19(2)33(4)35(25)21-14-9-6-10-15-21/h5-10,12-15H,11,16-17H2,1-4H3,(H,30,36)(H,31,37). The summed E-state index contributed by atoms with van der Waals surface area (Å²) in [6, 6.07) is 19.6. The fraction of sp³-hybridized carbons (Fsp3) is 0.259. The van der Waals surface area contributed by atoms with Gasteiger partial charge in [-0.25, -0.2) is 10.0 Å². The summed E-state index contributed by atoms with van der Waals surface area (Å²) in [6.45, 7) is 4.77. The molecule has 10 heteroatoms. The predicted octanol–water partition coefficient (Wildman–Crippen LogP) is 2.62. The van der Waals surface area contributed by atoms with Crippen molar-refractivity contribution in [2.24, 2.45) is 9.98 Å². The molecule has 3 aliphatic heterocycles. The molecule has 2 aromatic rings. The first-order valence-electron chi connectivity index (χ1n) is 12.2. The average molecular weight is 499 g/mol. The molecule has 2 amide bonds. The number of hydrogen-bond donors (Lipinski definition) is 2. The molecular formula is C27H30N8O2. The first kappa shape index (κ1) is 24.1. The topological polar surface area (TPSA) is 95.9 Å². The van der Waals surface area contributed by atoms with Gasteiger partial charge in [0.05, 0.1) is 22.8 Å². The highest BCUT2D eigenvalue weighted by Crippen LogP contribution is 2.30. The van der Waals surface area contributed by atoms with Crippen molar-refractivity contribution in [1.29, 1.82) is 0 Å². The molecule has 0 spiro atoms. The van der Waals surface area contributed by atoms with Crippen molar-refractivity contribution in [2.45, 2.75) is 20.3 Å². The maximum atomic E-state index is 13.1. The number of amidine groups is 2. The highest BCUT2D eigenvalue weighted by Gasteiger charge is 2.37. The lowest BCUT2D eigenvalue weighted by Crippen LogP contribution is -2.44. The molecular weight excluding hydrogens is 468 g/mol. The number of anilines is 2. The minimum absolute atomic E-state index is 0.497. The van der Waals surface area contributed by atoms with Gasteiger partial charge in [-0.15, -0.1) is 0 Å². The normalized spacial score (nSPS) is 18.9. The van der Waals surface area contributed by atoms with Crippen molar-refractivity contribution in [2.75, 3.05) is 37.2 Å². The smallest absolute Gasteiger partial charge is 0.313 e. The van der Waals surface area contributed by atoms with E-state index in [0.717, 1.165) is 22.8 Å². The second-order valence-corrected chi connectivity index (χ2v) is 8.94. The van der Waals surface area contributed by atoms with Gasteiger partial charge in [-0.05, 0) is 44.5 Å². The molecule has 0 aromatic heterocycles. The van der Waals surface area contributed by atoms with E-state index < -0.39 is 11.8 Å².